The maximum Gasteiger partial charge on any atom is 0.338 e. The molecule has 1 aromatic carbocycles. The van der Waals surface area contributed by atoms with Crippen molar-refractivity contribution in [1.29, 1.82) is 0 Å². The van der Waals surface area contributed by atoms with Crippen molar-refractivity contribution in [1.82, 2.24) is 4.72 Å². The van der Waals surface area contributed by atoms with Crippen molar-refractivity contribution >= 4 is 16.0 Å². The lowest BCUT2D eigenvalue weighted by molar-refractivity contribution is 0.0599. The van der Waals surface area contributed by atoms with Gasteiger partial charge in [-0.2, -0.15) is 0 Å². The highest BCUT2D eigenvalue weighted by atomic mass is 32.2. The molecule has 0 amide bonds. The number of hydrogen-bond acceptors (Lipinski definition) is 5. The van der Waals surface area contributed by atoms with E-state index in [1.807, 2.05) is 0 Å². The Labute approximate surface area is 124 Å². The van der Waals surface area contributed by atoms with Gasteiger partial charge in [0.25, 0.3) is 0 Å². The molecule has 6 nitrogen and oxygen atoms in total. The number of methoxy groups -OCH3 is 1. The monoisotopic (exact) mass is 313 g/mol. The van der Waals surface area contributed by atoms with Crippen molar-refractivity contribution in [3.8, 4) is 0 Å². The quantitative estimate of drug-likeness (QED) is 0.846. The molecule has 0 spiro atoms. The van der Waals surface area contributed by atoms with E-state index in [1.165, 1.54) is 19.2 Å². The van der Waals surface area contributed by atoms with Gasteiger partial charge in [0.1, 0.15) is 0 Å². The molecule has 1 saturated heterocycles. The van der Waals surface area contributed by atoms with Crippen LogP contribution in [0.1, 0.15) is 28.8 Å². The molecule has 0 saturated carbocycles. The summed E-state index contributed by atoms with van der Waals surface area (Å²) in [6.45, 7) is 2.63. The molecule has 1 N–H and O–H groups in total. The second kappa shape index (κ2) is 6.55. The number of esters is 1. The Morgan fingerprint density at radius 2 is 2.19 bits per heavy atom. The molecule has 7 heteroatoms. The third kappa shape index (κ3) is 3.61. The lowest BCUT2D eigenvalue weighted by Crippen LogP contribution is -2.40. The van der Waals surface area contributed by atoms with Crippen LogP contribution in [-0.2, 0) is 19.5 Å². The fourth-order valence-electron chi connectivity index (χ4n) is 2.35. The summed E-state index contributed by atoms with van der Waals surface area (Å²) in [5, 5.41) is 0. The van der Waals surface area contributed by atoms with E-state index in [9.17, 15) is 13.2 Å². The molecule has 1 aliphatic rings. The van der Waals surface area contributed by atoms with E-state index < -0.39 is 16.0 Å². The van der Waals surface area contributed by atoms with E-state index in [0.29, 0.717) is 18.8 Å². The SMILES string of the molecule is COC(=O)c1cccc(S(=O)(=O)N[C@@H]2CCCOC2)c1C. The van der Waals surface area contributed by atoms with Crippen molar-refractivity contribution < 1.29 is 22.7 Å². The number of sulfonamides is 1. The Balaban J connectivity index is 2.29. The molecule has 1 aliphatic heterocycles. The highest BCUT2D eigenvalue weighted by molar-refractivity contribution is 7.89. The van der Waals surface area contributed by atoms with Crippen molar-refractivity contribution in [2.75, 3.05) is 20.3 Å². The van der Waals surface area contributed by atoms with Crippen molar-refractivity contribution in [3.05, 3.63) is 29.3 Å². The Morgan fingerprint density at radius 3 is 2.81 bits per heavy atom. The lowest BCUT2D eigenvalue weighted by Gasteiger charge is -2.23. The van der Waals surface area contributed by atoms with Crippen LogP contribution in [0.15, 0.2) is 23.1 Å². The van der Waals surface area contributed by atoms with Crippen LogP contribution in [0, 0.1) is 6.92 Å². The summed E-state index contributed by atoms with van der Waals surface area (Å²) < 4.78 is 37.5. The van der Waals surface area contributed by atoms with Gasteiger partial charge in [0.05, 0.1) is 24.2 Å². The summed E-state index contributed by atoms with van der Waals surface area (Å²) >= 11 is 0. The Morgan fingerprint density at radius 1 is 1.43 bits per heavy atom. The largest absolute Gasteiger partial charge is 0.465 e. The summed E-state index contributed by atoms with van der Waals surface area (Å²) in [5.74, 6) is -0.550. The minimum atomic E-state index is -3.69. The first kappa shape index (κ1) is 15.9. The molecule has 2 rings (SSSR count). The summed E-state index contributed by atoms with van der Waals surface area (Å²) in [4.78, 5) is 11.7. The van der Waals surface area contributed by atoms with Gasteiger partial charge in [-0.3, -0.25) is 0 Å². The van der Waals surface area contributed by atoms with E-state index in [4.69, 9.17) is 4.74 Å². The number of nitrogens with one attached hydrogen (secondary N) is 1. The van der Waals surface area contributed by atoms with Gasteiger partial charge in [-0.25, -0.2) is 17.9 Å². The summed E-state index contributed by atoms with van der Waals surface area (Å²) in [6, 6.07) is 4.33. The van der Waals surface area contributed by atoms with Crippen molar-refractivity contribution in [2.24, 2.45) is 0 Å². The number of carbonyl (C=O) groups is 1. The second-order valence-corrected chi connectivity index (χ2v) is 6.64. The van der Waals surface area contributed by atoms with Gasteiger partial charge in [-0.15, -0.1) is 0 Å². The molecule has 1 atom stereocenters. The normalized spacial score (nSPS) is 19.2. The fourth-order valence-corrected chi connectivity index (χ4v) is 3.88. The first-order chi connectivity index (χ1) is 9.95. The molecule has 1 fully saturated rings. The van der Waals surface area contributed by atoms with E-state index in [-0.39, 0.29) is 16.5 Å². The zero-order valence-corrected chi connectivity index (χ0v) is 12.9. The van der Waals surface area contributed by atoms with E-state index in [1.54, 1.807) is 13.0 Å². The number of hydrogen-bond donors (Lipinski definition) is 1. The summed E-state index contributed by atoms with van der Waals surface area (Å²) in [7, 11) is -2.43. The number of carbonyl (C=O) groups excluding carboxylic acids is 1. The molecular formula is C14H19NO5S. The lowest BCUT2D eigenvalue weighted by atomic mass is 10.1. The van der Waals surface area contributed by atoms with Gasteiger partial charge >= 0.3 is 5.97 Å². The molecule has 0 bridgehead atoms. The van der Waals surface area contributed by atoms with E-state index in [0.717, 1.165) is 12.8 Å². The third-order valence-electron chi connectivity index (χ3n) is 3.46. The first-order valence-electron chi connectivity index (χ1n) is 6.73. The number of ether oxygens (including phenoxy) is 2. The maximum absolute atomic E-state index is 12.5. The molecule has 0 unspecified atom stereocenters. The van der Waals surface area contributed by atoms with Crippen LogP contribution in [-0.4, -0.2) is 40.8 Å². The number of rotatable bonds is 4. The van der Waals surface area contributed by atoms with E-state index >= 15 is 0 Å². The first-order valence-corrected chi connectivity index (χ1v) is 8.22. The van der Waals surface area contributed by atoms with Gasteiger partial charge in [0.2, 0.25) is 10.0 Å². The van der Waals surface area contributed by atoms with Crippen molar-refractivity contribution in [2.45, 2.75) is 30.7 Å². The van der Waals surface area contributed by atoms with Gasteiger partial charge in [0, 0.05) is 12.6 Å². The minimum Gasteiger partial charge on any atom is -0.465 e. The Hall–Kier alpha value is -1.44. The molecule has 0 radical (unpaired) electrons. The van der Waals surface area contributed by atoms with Crippen LogP contribution >= 0.6 is 0 Å². The molecule has 116 valence electrons. The smallest absolute Gasteiger partial charge is 0.338 e. The minimum absolute atomic E-state index is 0.0935. The third-order valence-corrected chi connectivity index (χ3v) is 5.13. The van der Waals surface area contributed by atoms with Gasteiger partial charge in [-0.1, -0.05) is 6.07 Å². The van der Waals surface area contributed by atoms with E-state index in [2.05, 4.69) is 9.46 Å². The standard InChI is InChI=1S/C14H19NO5S/c1-10-12(14(16)19-2)6-3-7-13(10)21(17,18)15-11-5-4-8-20-9-11/h3,6-7,11,15H,4-5,8-9H2,1-2H3/t11-/m1/s1. The molecule has 0 aromatic heterocycles. The zero-order chi connectivity index (χ0) is 15.5. The van der Waals surface area contributed by atoms with Crippen LogP contribution in [0.25, 0.3) is 0 Å². The highest BCUT2D eigenvalue weighted by Gasteiger charge is 2.25. The maximum atomic E-state index is 12.5. The summed E-state index contributed by atoms with van der Waals surface area (Å²) in [5.41, 5.74) is 0.633. The van der Waals surface area contributed by atoms with Gasteiger partial charge in [0.15, 0.2) is 0 Å². The highest BCUT2D eigenvalue weighted by Crippen LogP contribution is 2.20. The molecule has 1 aromatic rings. The summed E-state index contributed by atoms with van der Waals surface area (Å²) in [6.07, 6.45) is 1.57. The van der Waals surface area contributed by atoms with Crippen LogP contribution in [0.4, 0.5) is 0 Å². The zero-order valence-electron chi connectivity index (χ0n) is 12.1. The van der Waals surface area contributed by atoms with Gasteiger partial charge in [-0.05, 0) is 37.5 Å². The van der Waals surface area contributed by atoms with Crippen LogP contribution in [0.2, 0.25) is 0 Å². The van der Waals surface area contributed by atoms with Crippen molar-refractivity contribution in [3.63, 3.8) is 0 Å². The predicted octanol–water partition coefficient (Wildman–Crippen LogP) is 1.24. The van der Waals surface area contributed by atoms with Crippen LogP contribution in [0.5, 0.6) is 0 Å². The topological polar surface area (TPSA) is 81.7 Å². The Bertz CT molecular complexity index is 620. The molecule has 21 heavy (non-hydrogen) atoms. The predicted molar refractivity (Wildman–Crippen MR) is 76.7 cm³/mol. The number of benzene rings is 1. The average Bonchev–Trinajstić information content (AvgIpc) is 2.47. The molecular weight excluding hydrogens is 294 g/mol. The second-order valence-electron chi connectivity index (χ2n) is 4.96. The Kier molecular flexibility index (Phi) is 4.97. The molecule has 0 aliphatic carbocycles. The molecule has 1 heterocycles. The van der Waals surface area contributed by atoms with Crippen LogP contribution in [0.3, 0.4) is 0 Å². The van der Waals surface area contributed by atoms with Crippen LogP contribution < -0.4 is 4.72 Å². The fraction of sp³-hybridized carbons (Fsp3) is 0.500. The average molecular weight is 313 g/mol. The van der Waals surface area contributed by atoms with Gasteiger partial charge < -0.3 is 9.47 Å².